The third kappa shape index (κ3) is 3.09. The van der Waals surface area contributed by atoms with Gasteiger partial charge in [0.2, 0.25) is 0 Å². The van der Waals surface area contributed by atoms with Gasteiger partial charge in [-0.05, 0) is 17.7 Å². The summed E-state index contributed by atoms with van der Waals surface area (Å²) in [5, 5.41) is 8.94. The molecule has 1 aromatic carbocycles. The Labute approximate surface area is 97.8 Å². The Morgan fingerprint density at radius 1 is 1.07 bits per heavy atom. The molecule has 0 radical (unpaired) electrons. The van der Waals surface area contributed by atoms with Crippen molar-refractivity contribution in [3.05, 3.63) is 52.9 Å². The minimum atomic E-state index is 0.149. The van der Waals surface area contributed by atoms with Crippen molar-refractivity contribution in [3.63, 3.8) is 0 Å². The van der Waals surface area contributed by atoms with Gasteiger partial charge in [-0.1, -0.05) is 30.3 Å². The summed E-state index contributed by atoms with van der Waals surface area (Å²) in [5.74, 6) is 0.992. The van der Waals surface area contributed by atoms with E-state index < -0.39 is 0 Å². The van der Waals surface area contributed by atoms with E-state index in [9.17, 15) is 0 Å². The van der Waals surface area contributed by atoms with Crippen molar-refractivity contribution in [2.45, 2.75) is 16.6 Å². The van der Waals surface area contributed by atoms with Crippen LogP contribution in [0, 0.1) is 0 Å². The molecular formula is C12H12OS2. The summed E-state index contributed by atoms with van der Waals surface area (Å²) in [6.07, 6.45) is 0. The Morgan fingerprint density at radius 3 is 2.53 bits per heavy atom. The molecule has 1 aromatic heterocycles. The SMILES string of the molecule is OCc1ccc(SCc2ccccc2)s1. The van der Waals surface area contributed by atoms with E-state index in [1.165, 1.54) is 9.77 Å². The molecule has 1 N–H and O–H groups in total. The van der Waals surface area contributed by atoms with Gasteiger partial charge >= 0.3 is 0 Å². The molecule has 2 aromatic rings. The van der Waals surface area contributed by atoms with Crippen LogP contribution >= 0.6 is 23.1 Å². The lowest BCUT2D eigenvalue weighted by Gasteiger charge is -1.98. The molecule has 0 spiro atoms. The van der Waals surface area contributed by atoms with E-state index >= 15 is 0 Å². The summed E-state index contributed by atoms with van der Waals surface area (Å²) in [5.41, 5.74) is 1.33. The molecule has 1 nitrogen and oxygen atoms in total. The maximum absolute atomic E-state index is 8.94. The monoisotopic (exact) mass is 236 g/mol. The van der Waals surface area contributed by atoms with E-state index in [0.717, 1.165) is 10.6 Å². The lowest BCUT2D eigenvalue weighted by molar-refractivity contribution is 0.285. The first-order valence-corrected chi connectivity index (χ1v) is 6.55. The van der Waals surface area contributed by atoms with Crippen molar-refractivity contribution in [3.8, 4) is 0 Å². The lowest BCUT2D eigenvalue weighted by atomic mass is 10.2. The quantitative estimate of drug-likeness (QED) is 0.819. The van der Waals surface area contributed by atoms with Crippen molar-refractivity contribution >= 4 is 23.1 Å². The first-order valence-electron chi connectivity index (χ1n) is 4.75. The van der Waals surface area contributed by atoms with Crippen molar-refractivity contribution in [2.75, 3.05) is 0 Å². The molecule has 0 atom stereocenters. The number of hydrogen-bond acceptors (Lipinski definition) is 3. The Kier molecular flexibility index (Phi) is 3.83. The summed E-state index contributed by atoms with van der Waals surface area (Å²) in [4.78, 5) is 1.03. The van der Waals surface area contributed by atoms with Crippen molar-refractivity contribution in [2.24, 2.45) is 0 Å². The molecule has 0 unspecified atom stereocenters. The summed E-state index contributed by atoms with van der Waals surface area (Å²) < 4.78 is 1.27. The second-order valence-corrected chi connectivity index (χ2v) is 5.60. The van der Waals surface area contributed by atoms with Gasteiger partial charge in [-0.25, -0.2) is 0 Å². The summed E-state index contributed by atoms with van der Waals surface area (Å²) >= 11 is 3.48. The largest absolute Gasteiger partial charge is 0.391 e. The fourth-order valence-electron chi connectivity index (χ4n) is 1.25. The van der Waals surface area contributed by atoms with Crippen molar-refractivity contribution in [1.82, 2.24) is 0 Å². The highest BCUT2D eigenvalue weighted by Gasteiger charge is 2.00. The summed E-state index contributed by atoms with van der Waals surface area (Å²) in [7, 11) is 0. The summed E-state index contributed by atoms with van der Waals surface area (Å²) in [6, 6.07) is 14.5. The zero-order valence-electron chi connectivity index (χ0n) is 8.22. The second kappa shape index (κ2) is 5.35. The molecule has 2 rings (SSSR count). The number of aliphatic hydroxyl groups excluding tert-OH is 1. The Balaban J connectivity index is 1.93. The van der Waals surface area contributed by atoms with Gasteiger partial charge in [0, 0.05) is 10.6 Å². The normalized spacial score (nSPS) is 10.5. The fourth-order valence-corrected chi connectivity index (χ4v) is 3.24. The number of thioether (sulfide) groups is 1. The number of aliphatic hydroxyl groups is 1. The zero-order valence-corrected chi connectivity index (χ0v) is 9.85. The van der Waals surface area contributed by atoms with E-state index in [1.807, 2.05) is 23.9 Å². The lowest BCUT2D eigenvalue weighted by Crippen LogP contribution is -1.76. The van der Waals surface area contributed by atoms with E-state index in [2.05, 4.69) is 30.3 Å². The highest BCUT2D eigenvalue weighted by atomic mass is 32.2. The first-order chi connectivity index (χ1) is 7.38. The molecule has 1 heterocycles. The maximum Gasteiger partial charge on any atom is 0.0774 e. The molecule has 78 valence electrons. The minimum Gasteiger partial charge on any atom is -0.391 e. The minimum absolute atomic E-state index is 0.149. The number of rotatable bonds is 4. The van der Waals surface area contributed by atoms with Crippen LogP contribution in [-0.4, -0.2) is 5.11 Å². The van der Waals surface area contributed by atoms with Crippen molar-refractivity contribution in [1.29, 1.82) is 0 Å². The van der Waals surface area contributed by atoms with Crippen LogP contribution in [0.5, 0.6) is 0 Å². The number of benzene rings is 1. The van der Waals surface area contributed by atoms with Gasteiger partial charge in [-0.15, -0.1) is 23.1 Å². The second-order valence-electron chi connectivity index (χ2n) is 3.15. The topological polar surface area (TPSA) is 20.2 Å². The van der Waals surface area contributed by atoms with Gasteiger partial charge in [0.05, 0.1) is 10.8 Å². The molecule has 0 amide bonds. The third-order valence-electron chi connectivity index (χ3n) is 2.02. The van der Waals surface area contributed by atoms with Crippen LogP contribution in [-0.2, 0) is 12.4 Å². The van der Waals surface area contributed by atoms with E-state index in [4.69, 9.17) is 5.11 Å². The van der Waals surface area contributed by atoms with Crippen LogP contribution in [0.2, 0.25) is 0 Å². The molecule has 0 fully saturated rings. The Morgan fingerprint density at radius 2 is 1.87 bits per heavy atom. The smallest absolute Gasteiger partial charge is 0.0774 e. The van der Waals surface area contributed by atoms with Crippen LogP contribution in [0.3, 0.4) is 0 Å². The molecule has 0 aliphatic heterocycles. The van der Waals surface area contributed by atoms with E-state index in [0.29, 0.717) is 0 Å². The standard InChI is InChI=1S/C12H12OS2/c13-8-11-6-7-12(15-11)14-9-10-4-2-1-3-5-10/h1-7,13H,8-9H2. The zero-order chi connectivity index (χ0) is 10.5. The predicted octanol–water partition coefficient (Wildman–Crippen LogP) is 3.53. The molecule has 15 heavy (non-hydrogen) atoms. The molecule has 0 aliphatic carbocycles. The molecular weight excluding hydrogens is 224 g/mol. The highest BCUT2D eigenvalue weighted by molar-refractivity contribution is 8.00. The number of thiophene rings is 1. The maximum atomic E-state index is 8.94. The Hall–Kier alpha value is -0.770. The molecule has 0 saturated carbocycles. The van der Waals surface area contributed by atoms with Gasteiger partial charge in [0.15, 0.2) is 0 Å². The third-order valence-corrected chi connectivity index (χ3v) is 4.38. The predicted molar refractivity (Wildman–Crippen MR) is 66.2 cm³/mol. The number of hydrogen-bond donors (Lipinski definition) is 1. The summed E-state index contributed by atoms with van der Waals surface area (Å²) in [6.45, 7) is 0.149. The van der Waals surface area contributed by atoms with Gasteiger partial charge in [-0.2, -0.15) is 0 Å². The van der Waals surface area contributed by atoms with E-state index in [-0.39, 0.29) is 6.61 Å². The van der Waals surface area contributed by atoms with Gasteiger partial charge in [0.25, 0.3) is 0 Å². The van der Waals surface area contributed by atoms with Crippen LogP contribution < -0.4 is 0 Å². The van der Waals surface area contributed by atoms with Gasteiger partial charge in [0.1, 0.15) is 0 Å². The van der Waals surface area contributed by atoms with Crippen LogP contribution in [0.1, 0.15) is 10.4 Å². The molecule has 3 heteroatoms. The Bertz CT molecular complexity index is 409. The van der Waals surface area contributed by atoms with Crippen LogP contribution in [0.25, 0.3) is 0 Å². The van der Waals surface area contributed by atoms with Gasteiger partial charge < -0.3 is 5.11 Å². The molecule has 0 bridgehead atoms. The first kappa shape index (κ1) is 10.7. The average Bonchev–Trinajstić information content (AvgIpc) is 2.76. The van der Waals surface area contributed by atoms with Gasteiger partial charge in [-0.3, -0.25) is 0 Å². The molecule has 0 saturated heterocycles. The van der Waals surface area contributed by atoms with Crippen molar-refractivity contribution < 1.29 is 5.11 Å². The molecule has 0 aliphatic rings. The van der Waals surface area contributed by atoms with Crippen LogP contribution in [0.4, 0.5) is 0 Å². The van der Waals surface area contributed by atoms with Crippen LogP contribution in [0.15, 0.2) is 46.7 Å². The average molecular weight is 236 g/mol. The highest BCUT2D eigenvalue weighted by Crippen LogP contribution is 2.29. The van der Waals surface area contributed by atoms with E-state index in [1.54, 1.807) is 11.3 Å². The fraction of sp³-hybridized carbons (Fsp3) is 0.167.